The summed E-state index contributed by atoms with van der Waals surface area (Å²) in [5.41, 5.74) is 0. The minimum absolute atomic E-state index is 0.0749. The van der Waals surface area contributed by atoms with Gasteiger partial charge in [0.2, 0.25) is 11.8 Å². The summed E-state index contributed by atoms with van der Waals surface area (Å²) < 4.78 is 4.71. The highest BCUT2D eigenvalue weighted by Gasteiger charge is 2.38. The highest BCUT2D eigenvalue weighted by atomic mass is 16.5. The summed E-state index contributed by atoms with van der Waals surface area (Å²) in [5, 5.41) is 2.55. The maximum atomic E-state index is 12.0. The number of carbonyl (C=O) groups is 3. The number of hydrogen-bond donors (Lipinski definition) is 1. The molecule has 0 aromatic carbocycles. The zero-order chi connectivity index (χ0) is 13.9. The van der Waals surface area contributed by atoms with Gasteiger partial charge in [-0.15, -0.1) is 0 Å². The lowest BCUT2D eigenvalue weighted by Gasteiger charge is -2.21. The standard InChI is InChI=1S/C12H20N2O4/c1-7-5-14(6-10(7)12(17)18-4)11(16)8(2)13-9(3)15/h7-8,10H,5-6H2,1-4H3,(H,13,15). The molecule has 102 valence electrons. The van der Waals surface area contributed by atoms with Gasteiger partial charge in [-0.3, -0.25) is 14.4 Å². The smallest absolute Gasteiger partial charge is 0.310 e. The summed E-state index contributed by atoms with van der Waals surface area (Å²) in [6.07, 6.45) is 0. The quantitative estimate of drug-likeness (QED) is 0.708. The molecule has 1 saturated heterocycles. The normalized spacial score (nSPS) is 24.6. The van der Waals surface area contributed by atoms with Crippen molar-refractivity contribution in [1.29, 1.82) is 0 Å². The van der Waals surface area contributed by atoms with Crippen LogP contribution in [0.2, 0.25) is 0 Å². The van der Waals surface area contributed by atoms with Crippen LogP contribution in [0.25, 0.3) is 0 Å². The van der Waals surface area contributed by atoms with Crippen molar-refractivity contribution in [1.82, 2.24) is 10.2 Å². The maximum absolute atomic E-state index is 12.0. The Bertz CT molecular complexity index is 356. The fourth-order valence-electron chi connectivity index (χ4n) is 2.25. The van der Waals surface area contributed by atoms with E-state index in [1.54, 1.807) is 11.8 Å². The molecule has 6 heteroatoms. The van der Waals surface area contributed by atoms with Crippen LogP contribution in [0, 0.1) is 11.8 Å². The van der Waals surface area contributed by atoms with Crippen LogP contribution >= 0.6 is 0 Å². The number of amides is 2. The summed E-state index contributed by atoms with van der Waals surface area (Å²) in [6, 6.07) is -0.564. The summed E-state index contributed by atoms with van der Waals surface area (Å²) in [4.78, 5) is 36.1. The lowest BCUT2D eigenvalue weighted by molar-refractivity contribution is -0.146. The van der Waals surface area contributed by atoms with Crippen LogP contribution in [0.4, 0.5) is 0 Å². The van der Waals surface area contributed by atoms with E-state index in [9.17, 15) is 14.4 Å². The van der Waals surface area contributed by atoms with Crippen LogP contribution in [-0.2, 0) is 19.1 Å². The average Bonchev–Trinajstić information content (AvgIpc) is 2.68. The monoisotopic (exact) mass is 256 g/mol. The van der Waals surface area contributed by atoms with E-state index in [0.29, 0.717) is 13.1 Å². The SMILES string of the molecule is COC(=O)C1CN(C(=O)C(C)NC(C)=O)CC1C. The third-order valence-electron chi connectivity index (χ3n) is 3.22. The second-order valence-electron chi connectivity index (χ2n) is 4.77. The summed E-state index contributed by atoms with van der Waals surface area (Å²) in [7, 11) is 1.35. The number of hydrogen-bond acceptors (Lipinski definition) is 4. The van der Waals surface area contributed by atoms with E-state index >= 15 is 0 Å². The van der Waals surface area contributed by atoms with Crippen LogP contribution in [0.1, 0.15) is 20.8 Å². The van der Waals surface area contributed by atoms with Gasteiger partial charge >= 0.3 is 5.97 Å². The van der Waals surface area contributed by atoms with Gasteiger partial charge in [-0.25, -0.2) is 0 Å². The fraction of sp³-hybridized carbons (Fsp3) is 0.750. The van der Waals surface area contributed by atoms with Gasteiger partial charge in [0.05, 0.1) is 13.0 Å². The van der Waals surface area contributed by atoms with Gasteiger partial charge in [0, 0.05) is 20.0 Å². The number of esters is 1. The summed E-state index contributed by atoms with van der Waals surface area (Å²) in [5.74, 6) is -0.893. The first kappa shape index (κ1) is 14.5. The zero-order valence-electron chi connectivity index (χ0n) is 11.2. The second kappa shape index (κ2) is 5.84. The topological polar surface area (TPSA) is 75.7 Å². The van der Waals surface area contributed by atoms with Crippen LogP contribution in [-0.4, -0.2) is 48.9 Å². The lowest BCUT2D eigenvalue weighted by atomic mass is 9.99. The van der Waals surface area contributed by atoms with Gasteiger partial charge in [0.15, 0.2) is 0 Å². The number of ether oxygens (including phenoxy) is 1. The molecule has 0 saturated carbocycles. The van der Waals surface area contributed by atoms with Crippen LogP contribution in [0.5, 0.6) is 0 Å². The van der Waals surface area contributed by atoms with Crippen molar-refractivity contribution in [3.05, 3.63) is 0 Å². The van der Waals surface area contributed by atoms with E-state index in [4.69, 9.17) is 4.74 Å². The van der Waals surface area contributed by atoms with Gasteiger partial charge in [0.1, 0.15) is 6.04 Å². The highest BCUT2D eigenvalue weighted by molar-refractivity contribution is 5.87. The van der Waals surface area contributed by atoms with Gasteiger partial charge in [-0.05, 0) is 12.8 Å². The molecule has 0 bridgehead atoms. The van der Waals surface area contributed by atoms with Gasteiger partial charge in [-0.2, -0.15) is 0 Å². The number of nitrogens with one attached hydrogen (secondary N) is 1. The largest absolute Gasteiger partial charge is 0.469 e. The molecule has 1 fully saturated rings. The number of methoxy groups -OCH3 is 1. The molecular weight excluding hydrogens is 236 g/mol. The first-order valence-electron chi connectivity index (χ1n) is 6.00. The summed E-state index contributed by atoms with van der Waals surface area (Å²) in [6.45, 7) is 5.80. The molecule has 1 aliphatic heterocycles. The molecule has 0 aromatic rings. The zero-order valence-corrected chi connectivity index (χ0v) is 11.2. The molecule has 3 atom stereocenters. The highest BCUT2D eigenvalue weighted by Crippen LogP contribution is 2.24. The van der Waals surface area contributed by atoms with Gasteiger partial charge in [0.25, 0.3) is 0 Å². The Labute approximate surface area is 107 Å². The molecule has 1 heterocycles. The molecular formula is C12H20N2O4. The Kier molecular flexibility index (Phi) is 4.69. The average molecular weight is 256 g/mol. The van der Waals surface area contributed by atoms with Gasteiger partial charge < -0.3 is 15.0 Å². The van der Waals surface area contributed by atoms with Crippen molar-refractivity contribution in [2.45, 2.75) is 26.8 Å². The van der Waals surface area contributed by atoms with E-state index in [1.165, 1.54) is 14.0 Å². The number of rotatable bonds is 3. The molecule has 0 spiro atoms. The van der Waals surface area contributed by atoms with E-state index in [-0.39, 0.29) is 29.6 Å². The molecule has 0 aromatic heterocycles. The molecule has 1 rings (SSSR count). The Hall–Kier alpha value is -1.59. The molecule has 1 N–H and O–H groups in total. The third kappa shape index (κ3) is 3.21. The van der Waals surface area contributed by atoms with E-state index in [1.807, 2.05) is 6.92 Å². The second-order valence-corrected chi connectivity index (χ2v) is 4.77. The number of nitrogens with zero attached hydrogens (tertiary/aromatic N) is 1. The van der Waals surface area contributed by atoms with Crippen molar-refractivity contribution in [2.24, 2.45) is 11.8 Å². The number of carbonyl (C=O) groups excluding carboxylic acids is 3. The first-order valence-corrected chi connectivity index (χ1v) is 6.00. The Morgan fingerprint density at radius 3 is 2.44 bits per heavy atom. The molecule has 0 aliphatic carbocycles. The maximum Gasteiger partial charge on any atom is 0.310 e. The third-order valence-corrected chi connectivity index (χ3v) is 3.22. The van der Waals surface area contributed by atoms with Crippen LogP contribution < -0.4 is 5.32 Å². The molecule has 6 nitrogen and oxygen atoms in total. The first-order chi connectivity index (χ1) is 8.36. The minimum atomic E-state index is -0.564. The van der Waals surface area contributed by atoms with Crippen molar-refractivity contribution in [2.75, 3.05) is 20.2 Å². The lowest BCUT2D eigenvalue weighted by Crippen LogP contribution is -2.45. The van der Waals surface area contributed by atoms with Gasteiger partial charge in [-0.1, -0.05) is 6.92 Å². The summed E-state index contributed by atoms with van der Waals surface area (Å²) >= 11 is 0. The van der Waals surface area contributed by atoms with Crippen LogP contribution in [0.3, 0.4) is 0 Å². The predicted octanol–water partition coefficient (Wildman–Crippen LogP) is -0.222. The predicted molar refractivity (Wildman–Crippen MR) is 64.5 cm³/mol. The molecule has 1 aliphatic rings. The van der Waals surface area contributed by atoms with E-state index in [0.717, 1.165) is 0 Å². The van der Waals surface area contributed by atoms with Crippen molar-refractivity contribution in [3.63, 3.8) is 0 Å². The van der Waals surface area contributed by atoms with Crippen molar-refractivity contribution >= 4 is 17.8 Å². The minimum Gasteiger partial charge on any atom is -0.469 e. The Morgan fingerprint density at radius 2 is 1.94 bits per heavy atom. The van der Waals surface area contributed by atoms with E-state index in [2.05, 4.69) is 5.32 Å². The Morgan fingerprint density at radius 1 is 1.33 bits per heavy atom. The Balaban J connectivity index is 2.62. The molecule has 3 unspecified atom stereocenters. The van der Waals surface area contributed by atoms with Crippen LogP contribution in [0.15, 0.2) is 0 Å². The van der Waals surface area contributed by atoms with E-state index < -0.39 is 6.04 Å². The molecule has 0 radical (unpaired) electrons. The molecule has 18 heavy (non-hydrogen) atoms. The fourth-order valence-corrected chi connectivity index (χ4v) is 2.25. The van der Waals surface area contributed by atoms with Crippen molar-refractivity contribution < 1.29 is 19.1 Å². The number of likely N-dealkylation sites (tertiary alicyclic amines) is 1. The van der Waals surface area contributed by atoms with Crippen molar-refractivity contribution in [3.8, 4) is 0 Å². The molecule has 2 amide bonds.